The van der Waals surface area contributed by atoms with Crippen molar-refractivity contribution in [2.45, 2.75) is 43.7 Å². The molecule has 3 aliphatic rings. The first kappa shape index (κ1) is 20.2. The van der Waals surface area contributed by atoms with Crippen LogP contribution in [0.5, 0.6) is 0 Å². The molecular formula is C25H29N3O3. The molecule has 0 spiro atoms. The second-order valence-corrected chi connectivity index (χ2v) is 9.17. The quantitative estimate of drug-likeness (QED) is 0.692. The number of hydrogen-bond acceptors (Lipinski definition) is 4. The second kappa shape index (κ2) is 8.42. The van der Waals surface area contributed by atoms with E-state index in [9.17, 15) is 9.59 Å². The maximum atomic E-state index is 13.6. The number of rotatable bonds is 7. The van der Waals surface area contributed by atoms with Gasteiger partial charge in [0.15, 0.2) is 0 Å². The minimum Gasteiger partial charge on any atom is -0.374 e. The molecule has 2 aliphatic carbocycles. The summed E-state index contributed by atoms with van der Waals surface area (Å²) < 4.78 is 6.22. The lowest BCUT2D eigenvalue weighted by atomic mass is 9.94. The van der Waals surface area contributed by atoms with E-state index in [1.54, 1.807) is 17.3 Å². The van der Waals surface area contributed by atoms with Crippen molar-refractivity contribution >= 4 is 11.8 Å². The zero-order valence-corrected chi connectivity index (χ0v) is 17.8. The van der Waals surface area contributed by atoms with Crippen molar-refractivity contribution in [1.29, 1.82) is 0 Å². The lowest BCUT2D eigenvalue weighted by Crippen LogP contribution is -2.45. The van der Waals surface area contributed by atoms with E-state index < -0.39 is 5.41 Å². The molecule has 1 saturated heterocycles. The van der Waals surface area contributed by atoms with Crippen LogP contribution in [0.4, 0.5) is 0 Å². The molecule has 1 unspecified atom stereocenters. The fraction of sp³-hybridized carbons (Fsp3) is 0.480. The maximum absolute atomic E-state index is 13.6. The third-order valence-corrected chi connectivity index (χ3v) is 6.66. The van der Waals surface area contributed by atoms with Crippen molar-refractivity contribution in [3.63, 3.8) is 0 Å². The third-order valence-electron chi connectivity index (χ3n) is 6.66. The number of amides is 2. The predicted molar refractivity (Wildman–Crippen MR) is 116 cm³/mol. The molecule has 2 amide bonds. The first-order valence-corrected chi connectivity index (χ1v) is 11.3. The summed E-state index contributed by atoms with van der Waals surface area (Å²) in [5.74, 6) is 0.669. The summed E-state index contributed by atoms with van der Waals surface area (Å²) in [5, 5.41) is 0. The normalized spacial score (nSPS) is 22.8. The van der Waals surface area contributed by atoms with Gasteiger partial charge >= 0.3 is 0 Å². The third kappa shape index (κ3) is 4.49. The fourth-order valence-electron chi connectivity index (χ4n) is 4.47. The van der Waals surface area contributed by atoms with Crippen LogP contribution in [-0.2, 0) is 26.3 Å². The number of benzene rings is 1. The van der Waals surface area contributed by atoms with Crippen LogP contribution < -0.4 is 0 Å². The summed E-state index contributed by atoms with van der Waals surface area (Å²) in [7, 11) is 0. The van der Waals surface area contributed by atoms with Gasteiger partial charge in [-0.25, -0.2) is 0 Å². The van der Waals surface area contributed by atoms with Crippen LogP contribution in [0.15, 0.2) is 54.9 Å². The number of carbonyl (C=O) groups excluding carboxylic acids is 2. The Bertz CT molecular complexity index is 926. The van der Waals surface area contributed by atoms with Crippen LogP contribution in [-0.4, -0.2) is 58.9 Å². The smallest absolute Gasteiger partial charge is 0.242 e. The molecule has 1 atom stereocenters. The topological polar surface area (TPSA) is 62.7 Å². The van der Waals surface area contributed by atoms with Gasteiger partial charge in [-0.1, -0.05) is 36.4 Å². The van der Waals surface area contributed by atoms with Crippen molar-refractivity contribution in [3.05, 3.63) is 66.0 Å². The Morgan fingerprint density at radius 2 is 1.90 bits per heavy atom. The number of ether oxygens (including phenoxy) is 1. The molecule has 2 heterocycles. The number of hydrogen-bond donors (Lipinski definition) is 0. The highest BCUT2D eigenvalue weighted by molar-refractivity contribution is 5.94. The molecule has 162 valence electrons. The minimum atomic E-state index is -0.471. The number of aromatic nitrogens is 1. The summed E-state index contributed by atoms with van der Waals surface area (Å²) in [6, 6.07) is 13.8. The summed E-state index contributed by atoms with van der Waals surface area (Å²) in [4.78, 5) is 34.5. The van der Waals surface area contributed by atoms with Gasteiger partial charge in [0.2, 0.25) is 11.8 Å². The molecule has 1 aromatic carbocycles. The first-order valence-electron chi connectivity index (χ1n) is 11.3. The average molecular weight is 420 g/mol. The molecule has 6 nitrogen and oxygen atoms in total. The Morgan fingerprint density at radius 3 is 2.58 bits per heavy atom. The van der Waals surface area contributed by atoms with Gasteiger partial charge in [-0.3, -0.25) is 14.6 Å². The van der Waals surface area contributed by atoms with Crippen molar-refractivity contribution < 1.29 is 14.3 Å². The summed E-state index contributed by atoms with van der Waals surface area (Å²) in [6.07, 6.45) is 7.46. The highest BCUT2D eigenvalue weighted by Crippen LogP contribution is 2.49. The number of nitrogens with zero attached hydrogens (tertiary/aromatic N) is 3. The lowest BCUT2D eigenvalue weighted by Gasteiger charge is -2.28. The Labute approximate surface area is 183 Å². The molecule has 0 N–H and O–H groups in total. The zero-order chi connectivity index (χ0) is 21.3. The van der Waals surface area contributed by atoms with Crippen molar-refractivity contribution in [3.8, 4) is 0 Å². The fourth-order valence-corrected chi connectivity index (χ4v) is 4.47. The van der Waals surface area contributed by atoms with Crippen LogP contribution in [0.25, 0.3) is 0 Å². The van der Waals surface area contributed by atoms with E-state index in [1.807, 2.05) is 47.4 Å². The van der Waals surface area contributed by atoms with Crippen LogP contribution in [0.1, 0.15) is 36.8 Å². The largest absolute Gasteiger partial charge is 0.374 e. The maximum Gasteiger partial charge on any atom is 0.242 e. The molecular weight excluding hydrogens is 390 g/mol. The standard InChI is InChI=1S/C25H29N3O3/c29-23-17-28(24(30)25(10-11-25)21-6-2-1-3-7-21)16-22(31-18-19-8-9-19)15-27(23)14-20-5-4-12-26-13-20/h1-7,12-13,19,22H,8-11,14-18H2. The van der Waals surface area contributed by atoms with Gasteiger partial charge in [-0.2, -0.15) is 0 Å². The van der Waals surface area contributed by atoms with E-state index in [-0.39, 0.29) is 24.5 Å². The Hall–Kier alpha value is -2.73. The molecule has 2 aromatic rings. The molecule has 5 rings (SSSR count). The van der Waals surface area contributed by atoms with Crippen LogP contribution in [0.3, 0.4) is 0 Å². The van der Waals surface area contributed by atoms with Crippen molar-refractivity contribution in [2.75, 3.05) is 26.2 Å². The lowest BCUT2D eigenvalue weighted by molar-refractivity contribution is -0.140. The van der Waals surface area contributed by atoms with E-state index in [4.69, 9.17) is 4.74 Å². The highest BCUT2D eigenvalue weighted by atomic mass is 16.5. The SMILES string of the molecule is O=C1CN(C(=O)C2(c3ccccc3)CC2)CC(OCC2CC2)CN1Cc1cccnc1. The van der Waals surface area contributed by atoms with Crippen LogP contribution in [0, 0.1) is 5.92 Å². The van der Waals surface area contributed by atoms with Gasteiger partial charge in [0, 0.05) is 38.6 Å². The van der Waals surface area contributed by atoms with Gasteiger partial charge < -0.3 is 14.5 Å². The van der Waals surface area contributed by atoms with E-state index in [2.05, 4.69) is 4.98 Å². The summed E-state index contributed by atoms with van der Waals surface area (Å²) >= 11 is 0. The van der Waals surface area contributed by atoms with Crippen molar-refractivity contribution in [1.82, 2.24) is 14.8 Å². The van der Waals surface area contributed by atoms with Gasteiger partial charge in [0.05, 0.1) is 18.1 Å². The van der Waals surface area contributed by atoms with Crippen LogP contribution >= 0.6 is 0 Å². The highest BCUT2D eigenvalue weighted by Gasteiger charge is 2.53. The molecule has 31 heavy (non-hydrogen) atoms. The minimum absolute atomic E-state index is 0.0291. The Morgan fingerprint density at radius 1 is 1.10 bits per heavy atom. The predicted octanol–water partition coefficient (Wildman–Crippen LogP) is 2.78. The average Bonchev–Trinajstić information content (AvgIpc) is 3.71. The summed E-state index contributed by atoms with van der Waals surface area (Å²) in [6.45, 7) is 2.28. The first-order chi connectivity index (χ1) is 15.1. The van der Waals surface area contributed by atoms with Crippen molar-refractivity contribution in [2.24, 2.45) is 5.92 Å². The van der Waals surface area contributed by atoms with E-state index in [0.717, 1.165) is 24.0 Å². The second-order valence-electron chi connectivity index (χ2n) is 9.17. The monoisotopic (exact) mass is 419 g/mol. The van der Waals surface area contributed by atoms with E-state index in [0.29, 0.717) is 32.2 Å². The molecule has 2 saturated carbocycles. The van der Waals surface area contributed by atoms with Gasteiger partial charge in [0.1, 0.15) is 0 Å². The Kier molecular flexibility index (Phi) is 5.48. The molecule has 1 aromatic heterocycles. The van der Waals surface area contributed by atoms with Gasteiger partial charge in [-0.15, -0.1) is 0 Å². The Balaban J connectivity index is 1.35. The number of pyridine rings is 1. The van der Waals surface area contributed by atoms with Gasteiger partial charge in [0.25, 0.3) is 0 Å². The summed E-state index contributed by atoms with van der Waals surface area (Å²) in [5.41, 5.74) is 1.57. The van der Waals surface area contributed by atoms with Gasteiger partial charge in [-0.05, 0) is 48.8 Å². The van der Waals surface area contributed by atoms with E-state index in [1.165, 1.54) is 12.8 Å². The number of carbonyl (C=O) groups is 2. The molecule has 0 bridgehead atoms. The molecule has 3 fully saturated rings. The molecule has 0 radical (unpaired) electrons. The van der Waals surface area contributed by atoms with Crippen LogP contribution in [0.2, 0.25) is 0 Å². The van der Waals surface area contributed by atoms with E-state index >= 15 is 0 Å². The molecule has 6 heteroatoms. The molecule has 1 aliphatic heterocycles. The zero-order valence-electron chi connectivity index (χ0n) is 17.8.